The van der Waals surface area contributed by atoms with Gasteiger partial charge in [0.1, 0.15) is 0 Å². The highest BCUT2D eigenvalue weighted by atomic mass is 15.2. The summed E-state index contributed by atoms with van der Waals surface area (Å²) in [6, 6.07) is 1.57. The monoisotopic (exact) mass is 268 g/mol. The highest BCUT2D eigenvalue weighted by molar-refractivity contribution is 4.80. The summed E-state index contributed by atoms with van der Waals surface area (Å²) >= 11 is 0. The van der Waals surface area contributed by atoms with Gasteiger partial charge in [0.2, 0.25) is 0 Å². The number of hydrogen-bond acceptors (Lipinski definition) is 2. The number of nitrogens with two attached hydrogens (primary N) is 1. The van der Waals surface area contributed by atoms with E-state index < -0.39 is 0 Å². The summed E-state index contributed by atoms with van der Waals surface area (Å²) in [6.45, 7) is 14.0. The first-order valence-corrected chi connectivity index (χ1v) is 8.32. The van der Waals surface area contributed by atoms with Crippen molar-refractivity contribution in [2.75, 3.05) is 13.1 Å². The minimum atomic E-state index is 0.401. The van der Waals surface area contributed by atoms with Gasteiger partial charge in [0, 0.05) is 12.1 Å². The first-order chi connectivity index (χ1) is 8.86. The molecule has 3 atom stereocenters. The van der Waals surface area contributed by atoms with Gasteiger partial charge < -0.3 is 5.73 Å². The minimum Gasteiger partial charge on any atom is -0.330 e. The molecule has 0 spiro atoms. The van der Waals surface area contributed by atoms with Gasteiger partial charge in [-0.05, 0) is 70.4 Å². The highest BCUT2D eigenvalue weighted by Crippen LogP contribution is 2.32. The predicted octanol–water partition coefficient (Wildman–Crippen LogP) is 4.04. The smallest absolute Gasteiger partial charge is 0.00697 e. The van der Waals surface area contributed by atoms with E-state index >= 15 is 0 Å². The van der Waals surface area contributed by atoms with E-state index in [-0.39, 0.29) is 0 Å². The normalized spacial score (nSPS) is 27.5. The molecule has 0 saturated carbocycles. The molecule has 19 heavy (non-hydrogen) atoms. The van der Waals surface area contributed by atoms with Crippen molar-refractivity contribution in [3.8, 4) is 0 Å². The fraction of sp³-hybridized carbons (Fsp3) is 1.00. The molecular formula is C17H36N2. The van der Waals surface area contributed by atoms with Crippen molar-refractivity contribution in [1.29, 1.82) is 0 Å². The Morgan fingerprint density at radius 2 is 1.68 bits per heavy atom. The molecule has 3 unspecified atom stereocenters. The summed E-state index contributed by atoms with van der Waals surface area (Å²) in [5, 5.41) is 0. The fourth-order valence-corrected chi connectivity index (χ4v) is 3.65. The molecule has 0 aliphatic carbocycles. The van der Waals surface area contributed by atoms with Gasteiger partial charge in [0.15, 0.2) is 0 Å². The third-order valence-electron chi connectivity index (χ3n) is 5.08. The predicted molar refractivity (Wildman–Crippen MR) is 85.3 cm³/mol. The lowest BCUT2D eigenvalue weighted by atomic mass is 9.76. The van der Waals surface area contributed by atoms with Crippen LogP contribution >= 0.6 is 0 Å². The van der Waals surface area contributed by atoms with Crippen LogP contribution in [0.2, 0.25) is 0 Å². The van der Waals surface area contributed by atoms with Crippen molar-refractivity contribution in [3.63, 3.8) is 0 Å². The van der Waals surface area contributed by atoms with Crippen LogP contribution in [-0.4, -0.2) is 30.1 Å². The standard InChI is InChI=1S/C17H36N2/c1-14-8-6-9-15(2)19(14)13-7-10-16(11-12-18)17(3,4)5/h14-16H,6-13,18H2,1-5H3. The first kappa shape index (κ1) is 17.0. The highest BCUT2D eigenvalue weighted by Gasteiger charge is 2.26. The topological polar surface area (TPSA) is 29.3 Å². The second-order valence-electron chi connectivity index (χ2n) is 7.65. The Balaban J connectivity index is 2.38. The van der Waals surface area contributed by atoms with Gasteiger partial charge in [-0.15, -0.1) is 0 Å². The van der Waals surface area contributed by atoms with Crippen LogP contribution < -0.4 is 5.73 Å². The molecule has 0 aromatic heterocycles. The van der Waals surface area contributed by atoms with Crippen LogP contribution in [0.25, 0.3) is 0 Å². The average Bonchev–Trinajstić information content (AvgIpc) is 2.30. The number of likely N-dealkylation sites (tertiary alicyclic amines) is 1. The Bertz CT molecular complexity index is 232. The lowest BCUT2D eigenvalue weighted by Crippen LogP contribution is -2.44. The zero-order chi connectivity index (χ0) is 14.5. The zero-order valence-corrected chi connectivity index (χ0v) is 13.9. The third-order valence-corrected chi connectivity index (χ3v) is 5.08. The Kier molecular flexibility index (Phi) is 6.82. The SMILES string of the molecule is CC1CCCC(C)N1CCCC(CCN)C(C)(C)C. The molecule has 0 aromatic carbocycles. The van der Waals surface area contributed by atoms with Gasteiger partial charge in [0.05, 0.1) is 0 Å². The molecule has 1 heterocycles. The summed E-state index contributed by atoms with van der Waals surface area (Å²) in [7, 11) is 0. The van der Waals surface area contributed by atoms with Crippen LogP contribution in [0.4, 0.5) is 0 Å². The zero-order valence-electron chi connectivity index (χ0n) is 13.9. The molecular weight excluding hydrogens is 232 g/mol. The maximum atomic E-state index is 5.77. The van der Waals surface area contributed by atoms with Crippen LogP contribution in [0.3, 0.4) is 0 Å². The van der Waals surface area contributed by atoms with E-state index in [0.29, 0.717) is 5.41 Å². The Morgan fingerprint density at radius 1 is 1.11 bits per heavy atom. The molecule has 0 bridgehead atoms. The lowest BCUT2D eigenvalue weighted by Gasteiger charge is -2.39. The van der Waals surface area contributed by atoms with Gasteiger partial charge in [-0.3, -0.25) is 4.90 Å². The van der Waals surface area contributed by atoms with Gasteiger partial charge in [-0.1, -0.05) is 27.2 Å². The largest absolute Gasteiger partial charge is 0.330 e. The second kappa shape index (κ2) is 7.64. The Hall–Kier alpha value is -0.0800. The Labute approximate surface area is 121 Å². The van der Waals surface area contributed by atoms with Crippen molar-refractivity contribution in [3.05, 3.63) is 0 Å². The van der Waals surface area contributed by atoms with Gasteiger partial charge in [-0.2, -0.15) is 0 Å². The molecule has 2 nitrogen and oxygen atoms in total. The average molecular weight is 268 g/mol. The summed E-state index contributed by atoms with van der Waals surface area (Å²) < 4.78 is 0. The summed E-state index contributed by atoms with van der Waals surface area (Å²) in [4.78, 5) is 2.73. The molecule has 0 amide bonds. The van der Waals surface area contributed by atoms with Crippen LogP contribution in [-0.2, 0) is 0 Å². The summed E-state index contributed by atoms with van der Waals surface area (Å²) in [6.07, 6.45) is 8.02. The Morgan fingerprint density at radius 3 is 2.16 bits per heavy atom. The maximum absolute atomic E-state index is 5.77. The van der Waals surface area contributed by atoms with Crippen molar-refractivity contribution in [2.45, 2.75) is 85.2 Å². The minimum absolute atomic E-state index is 0.401. The number of rotatable bonds is 6. The first-order valence-electron chi connectivity index (χ1n) is 8.32. The second-order valence-corrected chi connectivity index (χ2v) is 7.65. The third kappa shape index (κ3) is 5.43. The van der Waals surface area contributed by atoms with Gasteiger partial charge >= 0.3 is 0 Å². The van der Waals surface area contributed by atoms with Crippen molar-refractivity contribution in [2.24, 2.45) is 17.1 Å². The summed E-state index contributed by atoms with van der Waals surface area (Å²) in [5.41, 5.74) is 6.18. The van der Waals surface area contributed by atoms with Crippen molar-refractivity contribution >= 4 is 0 Å². The lowest BCUT2D eigenvalue weighted by molar-refractivity contribution is 0.0949. The van der Waals surface area contributed by atoms with E-state index in [2.05, 4.69) is 39.5 Å². The van der Waals surface area contributed by atoms with E-state index in [4.69, 9.17) is 5.73 Å². The molecule has 1 fully saturated rings. The van der Waals surface area contributed by atoms with Crippen LogP contribution in [0.1, 0.15) is 73.1 Å². The number of hydrogen-bond donors (Lipinski definition) is 1. The van der Waals surface area contributed by atoms with Gasteiger partial charge in [0.25, 0.3) is 0 Å². The maximum Gasteiger partial charge on any atom is 0.00697 e. The molecule has 2 N–H and O–H groups in total. The van der Waals surface area contributed by atoms with E-state index in [1.54, 1.807) is 0 Å². The van der Waals surface area contributed by atoms with Crippen molar-refractivity contribution in [1.82, 2.24) is 4.90 Å². The molecule has 114 valence electrons. The van der Waals surface area contributed by atoms with E-state index in [1.807, 2.05) is 0 Å². The van der Waals surface area contributed by atoms with E-state index in [1.165, 1.54) is 45.1 Å². The van der Waals surface area contributed by atoms with Crippen LogP contribution in [0.15, 0.2) is 0 Å². The molecule has 1 aliphatic heterocycles. The fourth-order valence-electron chi connectivity index (χ4n) is 3.65. The molecule has 2 heteroatoms. The molecule has 1 saturated heterocycles. The molecule has 1 rings (SSSR count). The van der Waals surface area contributed by atoms with E-state index in [9.17, 15) is 0 Å². The quantitative estimate of drug-likeness (QED) is 0.787. The van der Waals surface area contributed by atoms with Crippen LogP contribution in [0.5, 0.6) is 0 Å². The molecule has 0 aromatic rings. The van der Waals surface area contributed by atoms with Crippen LogP contribution in [0, 0.1) is 11.3 Å². The molecule has 0 radical (unpaired) electrons. The summed E-state index contributed by atoms with van der Waals surface area (Å²) in [5.74, 6) is 0.771. The van der Waals surface area contributed by atoms with Crippen molar-refractivity contribution < 1.29 is 0 Å². The van der Waals surface area contributed by atoms with E-state index in [0.717, 1.165) is 24.5 Å². The number of piperidine rings is 1. The number of nitrogens with zero attached hydrogens (tertiary/aromatic N) is 1. The molecule has 1 aliphatic rings. The van der Waals surface area contributed by atoms with Gasteiger partial charge in [-0.25, -0.2) is 0 Å².